The van der Waals surface area contributed by atoms with E-state index in [0.717, 1.165) is 27.8 Å². The predicted molar refractivity (Wildman–Crippen MR) is 139 cm³/mol. The van der Waals surface area contributed by atoms with E-state index in [9.17, 15) is 0 Å². The second-order valence-electron chi connectivity index (χ2n) is 7.37. The molecule has 0 aliphatic rings. The zero-order valence-electron chi connectivity index (χ0n) is 18.4. The van der Waals surface area contributed by atoms with Gasteiger partial charge in [0.15, 0.2) is 11.0 Å². The Labute approximate surface area is 214 Å². The van der Waals surface area contributed by atoms with Gasteiger partial charge in [0.1, 0.15) is 35.2 Å². The Kier molecular flexibility index (Phi) is 6.62. The van der Waals surface area contributed by atoms with Gasteiger partial charge in [-0.2, -0.15) is 5.26 Å². The van der Waals surface area contributed by atoms with Gasteiger partial charge in [-0.3, -0.25) is 0 Å². The van der Waals surface area contributed by atoms with Crippen LogP contribution in [0.2, 0.25) is 10.2 Å². The van der Waals surface area contributed by atoms with Crippen LogP contribution in [0.4, 0.5) is 11.5 Å². The van der Waals surface area contributed by atoms with Gasteiger partial charge in [0.25, 0.3) is 0 Å². The number of hydrogen-bond donors (Lipinski definition) is 3. The highest BCUT2D eigenvalue weighted by Gasteiger charge is 2.09. The van der Waals surface area contributed by atoms with Gasteiger partial charge in [-0.15, -0.1) is 0 Å². The fourth-order valence-electron chi connectivity index (χ4n) is 3.36. The van der Waals surface area contributed by atoms with Crippen LogP contribution < -0.4 is 10.1 Å². The van der Waals surface area contributed by atoms with Crippen molar-refractivity contribution in [3.05, 3.63) is 95.4 Å². The molecular weight excluding hydrogens is 499 g/mol. The van der Waals surface area contributed by atoms with E-state index in [1.807, 2.05) is 24.4 Å². The molecule has 176 valence electrons. The maximum atomic E-state index is 8.97. The van der Waals surface area contributed by atoms with E-state index >= 15 is 0 Å². The van der Waals surface area contributed by atoms with Crippen LogP contribution in [0.3, 0.4) is 0 Å². The summed E-state index contributed by atoms with van der Waals surface area (Å²) in [6, 6.07) is 18.1. The third-order valence-electron chi connectivity index (χ3n) is 5.03. The van der Waals surface area contributed by atoms with Crippen molar-refractivity contribution >= 4 is 56.8 Å². The SMILES string of the molecule is Clc1ncnc2cc[nH]c12.N#Cc1cccc(Oc2ccc(Nc3ncnc4cc[nH]c34)cc2Cl)c1. The molecule has 0 unspecified atom stereocenters. The van der Waals surface area contributed by atoms with Gasteiger partial charge >= 0.3 is 0 Å². The van der Waals surface area contributed by atoms with E-state index in [0.29, 0.717) is 33.1 Å². The summed E-state index contributed by atoms with van der Waals surface area (Å²) in [6.07, 6.45) is 6.54. The number of nitrogens with zero attached hydrogens (tertiary/aromatic N) is 5. The largest absolute Gasteiger partial charge is 0.456 e. The van der Waals surface area contributed by atoms with E-state index < -0.39 is 0 Å². The minimum absolute atomic E-state index is 0.439. The van der Waals surface area contributed by atoms with Gasteiger partial charge in [0.05, 0.1) is 27.7 Å². The molecule has 0 radical (unpaired) electrons. The number of hydrogen-bond acceptors (Lipinski definition) is 7. The summed E-state index contributed by atoms with van der Waals surface area (Å²) in [5.41, 5.74) is 4.57. The molecule has 2 aromatic carbocycles. The Morgan fingerprint density at radius 3 is 2.33 bits per heavy atom. The lowest BCUT2D eigenvalue weighted by atomic mass is 10.2. The number of ether oxygens (including phenoxy) is 1. The van der Waals surface area contributed by atoms with Crippen LogP contribution in [-0.4, -0.2) is 29.9 Å². The lowest BCUT2D eigenvalue weighted by molar-refractivity contribution is 0.483. The third-order valence-corrected chi connectivity index (χ3v) is 5.61. The topological polar surface area (TPSA) is 128 Å². The van der Waals surface area contributed by atoms with Crippen LogP contribution in [-0.2, 0) is 0 Å². The zero-order chi connectivity index (χ0) is 24.9. The first kappa shape index (κ1) is 23.1. The summed E-state index contributed by atoms with van der Waals surface area (Å²) in [5, 5.41) is 13.1. The Balaban J connectivity index is 0.000000222. The van der Waals surface area contributed by atoms with Crippen molar-refractivity contribution in [2.75, 3.05) is 5.32 Å². The average molecular weight is 515 g/mol. The maximum absolute atomic E-state index is 8.97. The number of nitrogens with one attached hydrogen (secondary N) is 3. The molecule has 9 nitrogen and oxygen atoms in total. The minimum Gasteiger partial charge on any atom is -0.456 e. The molecule has 3 N–H and O–H groups in total. The van der Waals surface area contributed by atoms with Crippen molar-refractivity contribution < 1.29 is 4.74 Å². The van der Waals surface area contributed by atoms with Crippen molar-refractivity contribution in [1.82, 2.24) is 29.9 Å². The highest BCUT2D eigenvalue weighted by molar-refractivity contribution is 6.33. The lowest BCUT2D eigenvalue weighted by Gasteiger charge is -2.11. The van der Waals surface area contributed by atoms with Crippen molar-refractivity contribution in [3.8, 4) is 17.6 Å². The van der Waals surface area contributed by atoms with Crippen LogP contribution >= 0.6 is 23.2 Å². The van der Waals surface area contributed by atoms with E-state index in [1.165, 1.54) is 12.7 Å². The van der Waals surface area contributed by atoms with Gasteiger partial charge in [0, 0.05) is 18.1 Å². The van der Waals surface area contributed by atoms with E-state index in [4.69, 9.17) is 33.2 Å². The summed E-state index contributed by atoms with van der Waals surface area (Å²) < 4.78 is 5.77. The van der Waals surface area contributed by atoms with Gasteiger partial charge in [-0.1, -0.05) is 29.3 Å². The number of halogens is 2. The van der Waals surface area contributed by atoms with E-state index in [1.54, 1.807) is 42.6 Å². The monoisotopic (exact) mass is 514 g/mol. The molecule has 4 heterocycles. The second-order valence-corrected chi connectivity index (χ2v) is 8.14. The first-order chi connectivity index (χ1) is 17.6. The van der Waals surface area contributed by atoms with Crippen LogP contribution in [0.25, 0.3) is 22.1 Å². The molecule has 0 saturated heterocycles. The molecule has 0 aliphatic heterocycles. The van der Waals surface area contributed by atoms with Crippen molar-refractivity contribution in [2.24, 2.45) is 0 Å². The summed E-state index contributed by atoms with van der Waals surface area (Å²) >= 11 is 12.1. The number of fused-ring (bicyclic) bond motifs is 2. The average Bonchev–Trinajstić information content (AvgIpc) is 3.57. The first-order valence-electron chi connectivity index (χ1n) is 10.6. The molecule has 0 aliphatic carbocycles. The number of H-pyrrole nitrogens is 2. The minimum atomic E-state index is 0.439. The highest BCUT2D eigenvalue weighted by Crippen LogP contribution is 2.33. The zero-order valence-corrected chi connectivity index (χ0v) is 19.9. The van der Waals surface area contributed by atoms with Crippen LogP contribution in [0.15, 0.2) is 79.6 Å². The molecular formula is C25H16Cl2N8O. The fraction of sp³-hybridized carbons (Fsp3) is 0. The van der Waals surface area contributed by atoms with E-state index in [2.05, 4.69) is 41.3 Å². The van der Waals surface area contributed by atoms with Gasteiger partial charge in [-0.05, 0) is 48.5 Å². The molecule has 0 bridgehead atoms. The standard InChI is InChI=1S/C19H12ClN5O.C6H4ClN3/c20-15-9-13(25-19-18-16(6-7-22-18)23-11-24-19)4-5-17(15)26-14-3-1-2-12(8-14)10-21;7-6-5-4(1-2-8-5)9-3-10-6/h1-9,11,22H,(H,23,24,25);1-3,8H. The normalized spacial score (nSPS) is 10.5. The summed E-state index contributed by atoms with van der Waals surface area (Å²) in [5.74, 6) is 1.71. The molecule has 6 rings (SSSR count). The Morgan fingerprint density at radius 2 is 1.58 bits per heavy atom. The highest BCUT2D eigenvalue weighted by atomic mass is 35.5. The third kappa shape index (κ3) is 5.05. The fourth-order valence-corrected chi connectivity index (χ4v) is 3.78. The van der Waals surface area contributed by atoms with Crippen molar-refractivity contribution in [1.29, 1.82) is 5.26 Å². The number of anilines is 2. The molecule has 11 heteroatoms. The smallest absolute Gasteiger partial charge is 0.158 e. The molecule has 0 saturated carbocycles. The maximum Gasteiger partial charge on any atom is 0.158 e. The number of aromatic amines is 2. The summed E-state index contributed by atoms with van der Waals surface area (Å²) in [7, 11) is 0. The molecule has 0 spiro atoms. The van der Waals surface area contributed by atoms with Gasteiger partial charge in [-0.25, -0.2) is 19.9 Å². The number of aromatic nitrogens is 6. The summed E-state index contributed by atoms with van der Waals surface area (Å²) in [6.45, 7) is 0. The molecule has 36 heavy (non-hydrogen) atoms. The number of benzene rings is 2. The molecule has 6 aromatic rings. The number of rotatable bonds is 4. The van der Waals surface area contributed by atoms with Crippen LogP contribution in [0, 0.1) is 11.3 Å². The Bertz CT molecular complexity index is 1710. The van der Waals surface area contributed by atoms with E-state index in [-0.39, 0.29) is 0 Å². The van der Waals surface area contributed by atoms with Crippen LogP contribution in [0.5, 0.6) is 11.5 Å². The van der Waals surface area contributed by atoms with Gasteiger partial charge < -0.3 is 20.0 Å². The predicted octanol–water partition coefficient (Wildman–Crippen LogP) is 6.63. The van der Waals surface area contributed by atoms with Crippen molar-refractivity contribution in [3.63, 3.8) is 0 Å². The second kappa shape index (κ2) is 10.3. The summed E-state index contributed by atoms with van der Waals surface area (Å²) in [4.78, 5) is 22.3. The molecule has 0 atom stereocenters. The Hall–Kier alpha value is -4.65. The first-order valence-corrected chi connectivity index (χ1v) is 11.3. The Morgan fingerprint density at radius 1 is 0.833 bits per heavy atom. The molecule has 0 amide bonds. The van der Waals surface area contributed by atoms with Crippen molar-refractivity contribution in [2.45, 2.75) is 0 Å². The number of nitriles is 1. The molecule has 4 aromatic heterocycles. The lowest BCUT2D eigenvalue weighted by Crippen LogP contribution is -1.96. The molecule has 0 fully saturated rings. The van der Waals surface area contributed by atoms with Gasteiger partial charge in [0.2, 0.25) is 0 Å². The van der Waals surface area contributed by atoms with Crippen LogP contribution in [0.1, 0.15) is 5.56 Å². The quantitative estimate of drug-likeness (QED) is 0.225.